The zero-order valence-corrected chi connectivity index (χ0v) is 12.8. The molecule has 0 aliphatic rings. The summed E-state index contributed by atoms with van der Waals surface area (Å²) in [6.07, 6.45) is 6.08. The van der Waals surface area contributed by atoms with Crippen molar-refractivity contribution in [2.45, 2.75) is 13.8 Å². The molecule has 118 valence electrons. The quantitative estimate of drug-likeness (QED) is 0.394. The molecule has 0 fully saturated rings. The first-order valence-electron chi connectivity index (χ1n) is 6.96. The molecule has 23 heavy (non-hydrogen) atoms. The molecule has 0 unspecified atom stereocenters. The topological polar surface area (TPSA) is 97.6 Å². The summed E-state index contributed by atoms with van der Waals surface area (Å²) < 4.78 is 4.86. The Bertz CT molecular complexity index is 738. The third-order valence-corrected chi connectivity index (χ3v) is 2.79. The summed E-state index contributed by atoms with van der Waals surface area (Å²) in [4.78, 5) is 28.2. The Kier molecular flexibility index (Phi) is 5.51. The lowest BCUT2D eigenvalue weighted by molar-refractivity contribution is -0.138. The summed E-state index contributed by atoms with van der Waals surface area (Å²) in [5.74, 6) is 0.0366. The summed E-state index contributed by atoms with van der Waals surface area (Å²) in [6, 6.07) is 5.16. The molecule has 7 nitrogen and oxygen atoms in total. The molecule has 1 N–H and O–H groups in total. The summed E-state index contributed by atoms with van der Waals surface area (Å²) in [5.41, 5.74) is 0.785. The minimum absolute atomic E-state index is 0.0177. The van der Waals surface area contributed by atoms with Gasteiger partial charge in [-0.15, -0.1) is 0 Å². The lowest BCUT2D eigenvalue weighted by Gasteiger charge is -2.03. The molecule has 2 aromatic heterocycles. The molecule has 2 heterocycles. The van der Waals surface area contributed by atoms with E-state index in [4.69, 9.17) is 4.74 Å². The van der Waals surface area contributed by atoms with Gasteiger partial charge in [0.2, 0.25) is 0 Å². The fourth-order valence-corrected chi connectivity index (χ4v) is 1.69. The van der Waals surface area contributed by atoms with E-state index in [2.05, 4.69) is 19.9 Å². The monoisotopic (exact) mass is 312 g/mol. The lowest BCUT2D eigenvalue weighted by atomic mass is 10.2. The van der Waals surface area contributed by atoms with Gasteiger partial charge < -0.3 is 9.84 Å². The smallest absolute Gasteiger partial charge is 0.343 e. The van der Waals surface area contributed by atoms with Crippen LogP contribution in [-0.2, 0) is 9.53 Å². The largest absolute Gasteiger partial charge is 0.512 e. The van der Waals surface area contributed by atoms with Crippen molar-refractivity contribution in [3.63, 3.8) is 0 Å². The van der Waals surface area contributed by atoms with Gasteiger partial charge in [-0.25, -0.2) is 19.8 Å². The average molecular weight is 312 g/mol. The summed E-state index contributed by atoms with van der Waals surface area (Å²) in [6.45, 7) is 3.29. The van der Waals surface area contributed by atoms with Crippen molar-refractivity contribution < 1.29 is 14.6 Å². The second kappa shape index (κ2) is 7.79. The molecule has 2 rings (SSSR count). The Hall–Kier alpha value is -3.09. The second-order valence-electron chi connectivity index (χ2n) is 4.45. The Morgan fingerprint density at radius 2 is 2.04 bits per heavy atom. The number of pyridine rings is 1. The van der Waals surface area contributed by atoms with Crippen LogP contribution in [0, 0.1) is 0 Å². The highest BCUT2D eigenvalue weighted by Crippen LogP contribution is 2.16. The van der Waals surface area contributed by atoms with Crippen LogP contribution in [0.4, 0.5) is 5.82 Å². The van der Waals surface area contributed by atoms with E-state index in [-0.39, 0.29) is 17.9 Å². The van der Waals surface area contributed by atoms with Gasteiger partial charge in [0.15, 0.2) is 11.6 Å². The number of aliphatic hydroxyl groups is 1. The lowest BCUT2D eigenvalue weighted by Crippen LogP contribution is -2.10. The van der Waals surface area contributed by atoms with Crippen molar-refractivity contribution in [1.82, 2.24) is 15.0 Å². The molecule has 0 bridgehead atoms. The number of rotatable bonds is 5. The first kappa shape index (κ1) is 16.3. The van der Waals surface area contributed by atoms with Gasteiger partial charge in [-0.05, 0) is 26.0 Å². The number of hydrogen-bond acceptors (Lipinski definition) is 7. The molecule has 7 heteroatoms. The third kappa shape index (κ3) is 4.44. The predicted octanol–water partition coefficient (Wildman–Crippen LogP) is 2.64. The summed E-state index contributed by atoms with van der Waals surface area (Å²) in [7, 11) is 0. The molecule has 0 aliphatic carbocycles. The van der Waals surface area contributed by atoms with Gasteiger partial charge >= 0.3 is 5.97 Å². The van der Waals surface area contributed by atoms with E-state index >= 15 is 0 Å². The SMILES string of the molecule is CCOC(=O)/C(C=Nc1ccnc(-c2ccncc2)n1)=C(\C)O. The molecular formula is C16H16N4O3. The number of aliphatic imine (C=N–C) groups is 1. The molecule has 0 amide bonds. The fraction of sp³-hybridized carbons (Fsp3) is 0.188. The van der Waals surface area contributed by atoms with E-state index < -0.39 is 5.97 Å². The van der Waals surface area contributed by atoms with Crippen LogP contribution in [0.1, 0.15) is 13.8 Å². The molecule has 2 aromatic rings. The van der Waals surface area contributed by atoms with Gasteiger partial charge in [-0.3, -0.25) is 4.98 Å². The van der Waals surface area contributed by atoms with Crippen LogP contribution in [-0.4, -0.2) is 38.8 Å². The van der Waals surface area contributed by atoms with Gasteiger partial charge in [-0.2, -0.15) is 0 Å². The molecular weight excluding hydrogens is 296 g/mol. The maximum atomic E-state index is 11.7. The summed E-state index contributed by atoms with van der Waals surface area (Å²) in [5, 5.41) is 9.57. The van der Waals surface area contributed by atoms with Crippen LogP contribution in [0.15, 0.2) is 53.1 Å². The van der Waals surface area contributed by atoms with Crippen molar-refractivity contribution in [2.24, 2.45) is 4.99 Å². The van der Waals surface area contributed by atoms with Gasteiger partial charge in [0.1, 0.15) is 11.3 Å². The van der Waals surface area contributed by atoms with Gasteiger partial charge in [0.25, 0.3) is 0 Å². The molecule has 0 saturated heterocycles. The number of aliphatic hydroxyl groups excluding tert-OH is 1. The van der Waals surface area contributed by atoms with Crippen molar-refractivity contribution in [3.05, 3.63) is 48.1 Å². The minimum Gasteiger partial charge on any atom is -0.512 e. The number of aromatic nitrogens is 3. The van der Waals surface area contributed by atoms with Crippen LogP contribution < -0.4 is 0 Å². The molecule has 0 aliphatic heterocycles. The van der Waals surface area contributed by atoms with E-state index in [0.717, 1.165) is 5.56 Å². The molecule has 0 radical (unpaired) electrons. The first-order chi connectivity index (χ1) is 11.1. The zero-order valence-electron chi connectivity index (χ0n) is 12.8. The zero-order chi connectivity index (χ0) is 16.7. The number of carbonyl (C=O) groups is 1. The fourth-order valence-electron chi connectivity index (χ4n) is 1.69. The number of allylic oxidation sites excluding steroid dienone is 1. The Morgan fingerprint density at radius 1 is 1.30 bits per heavy atom. The van der Waals surface area contributed by atoms with Gasteiger partial charge in [-0.1, -0.05) is 0 Å². The second-order valence-corrected chi connectivity index (χ2v) is 4.45. The highest BCUT2D eigenvalue weighted by Gasteiger charge is 2.12. The number of esters is 1. The molecule has 0 spiro atoms. The van der Waals surface area contributed by atoms with Crippen molar-refractivity contribution >= 4 is 18.0 Å². The number of carbonyl (C=O) groups excluding carboxylic acids is 1. The number of ether oxygens (including phenoxy) is 1. The first-order valence-corrected chi connectivity index (χ1v) is 6.96. The minimum atomic E-state index is -0.639. The van der Waals surface area contributed by atoms with E-state index in [1.807, 2.05) is 0 Å². The number of nitrogens with zero attached hydrogens (tertiary/aromatic N) is 4. The average Bonchev–Trinajstić information content (AvgIpc) is 2.56. The van der Waals surface area contributed by atoms with Crippen molar-refractivity contribution in [3.8, 4) is 11.4 Å². The maximum Gasteiger partial charge on any atom is 0.343 e. The third-order valence-electron chi connectivity index (χ3n) is 2.79. The predicted molar refractivity (Wildman–Crippen MR) is 85.4 cm³/mol. The van der Waals surface area contributed by atoms with E-state index in [1.165, 1.54) is 13.1 Å². The van der Waals surface area contributed by atoms with E-state index in [9.17, 15) is 9.90 Å². The summed E-state index contributed by atoms with van der Waals surface area (Å²) >= 11 is 0. The van der Waals surface area contributed by atoms with Crippen LogP contribution in [0.2, 0.25) is 0 Å². The van der Waals surface area contributed by atoms with Gasteiger partial charge in [0.05, 0.1) is 6.61 Å². The van der Waals surface area contributed by atoms with Crippen LogP contribution in [0.25, 0.3) is 11.4 Å². The van der Waals surface area contributed by atoms with E-state index in [0.29, 0.717) is 11.6 Å². The molecule has 0 atom stereocenters. The van der Waals surface area contributed by atoms with Crippen molar-refractivity contribution in [1.29, 1.82) is 0 Å². The Labute approximate surface area is 133 Å². The van der Waals surface area contributed by atoms with Gasteiger partial charge in [0, 0.05) is 36.4 Å². The normalized spacial score (nSPS) is 12.1. The van der Waals surface area contributed by atoms with Crippen LogP contribution in [0.5, 0.6) is 0 Å². The molecule has 0 saturated carbocycles. The van der Waals surface area contributed by atoms with Crippen LogP contribution in [0.3, 0.4) is 0 Å². The maximum absolute atomic E-state index is 11.7. The van der Waals surface area contributed by atoms with E-state index in [1.54, 1.807) is 43.7 Å². The molecule has 0 aromatic carbocycles. The Morgan fingerprint density at radius 3 is 2.70 bits per heavy atom. The highest BCUT2D eigenvalue weighted by atomic mass is 16.5. The number of hydrogen-bond donors (Lipinski definition) is 1. The highest BCUT2D eigenvalue weighted by molar-refractivity contribution is 6.10. The Balaban J connectivity index is 2.26. The standard InChI is InChI=1S/C16H16N4O3/c1-3-23-16(22)13(11(2)21)10-19-14-6-9-18-15(20-14)12-4-7-17-8-5-12/h4-10,21H,3H2,1-2H3/b13-11+,19-10?. The van der Waals surface area contributed by atoms with Crippen LogP contribution >= 0.6 is 0 Å². The van der Waals surface area contributed by atoms with Crippen molar-refractivity contribution in [2.75, 3.05) is 6.61 Å².